The average molecular weight is 255 g/mol. The zero-order valence-corrected chi connectivity index (χ0v) is 11.6. The molecule has 2 unspecified atom stereocenters. The van der Waals surface area contributed by atoms with Crippen LogP contribution in [-0.4, -0.2) is 22.6 Å². The van der Waals surface area contributed by atoms with Gasteiger partial charge in [0, 0.05) is 23.0 Å². The van der Waals surface area contributed by atoms with Gasteiger partial charge in [-0.05, 0) is 38.6 Å². The molecular formula is C17H21NO. The van der Waals surface area contributed by atoms with E-state index in [1.165, 1.54) is 12.8 Å². The summed E-state index contributed by atoms with van der Waals surface area (Å²) in [5.74, 6) is 0.449. The van der Waals surface area contributed by atoms with E-state index in [4.69, 9.17) is 0 Å². The summed E-state index contributed by atoms with van der Waals surface area (Å²) in [6.45, 7) is 5.61. The molecule has 100 valence electrons. The van der Waals surface area contributed by atoms with Crippen molar-refractivity contribution in [1.29, 1.82) is 0 Å². The molecule has 3 rings (SSSR count). The number of fused-ring (bicyclic) bond motifs is 1. The minimum atomic E-state index is 0.280. The fourth-order valence-electron chi connectivity index (χ4n) is 3.32. The summed E-state index contributed by atoms with van der Waals surface area (Å²) in [6, 6.07) is 13.1. The first-order valence-electron chi connectivity index (χ1n) is 7.15. The van der Waals surface area contributed by atoms with Gasteiger partial charge in [0.2, 0.25) is 0 Å². The fourth-order valence-corrected chi connectivity index (χ4v) is 3.32. The number of phenols is 1. The van der Waals surface area contributed by atoms with Crippen molar-refractivity contribution in [3.8, 4) is 5.75 Å². The summed E-state index contributed by atoms with van der Waals surface area (Å²) in [7, 11) is 0. The summed E-state index contributed by atoms with van der Waals surface area (Å²) in [5.41, 5.74) is 1.05. The number of nitrogens with zero attached hydrogens (tertiary/aromatic N) is 1. The molecule has 0 saturated carbocycles. The minimum absolute atomic E-state index is 0.280. The van der Waals surface area contributed by atoms with Crippen LogP contribution in [-0.2, 0) is 0 Å². The van der Waals surface area contributed by atoms with Gasteiger partial charge < -0.3 is 5.11 Å². The number of benzene rings is 2. The van der Waals surface area contributed by atoms with E-state index in [0.29, 0.717) is 11.8 Å². The Morgan fingerprint density at radius 2 is 2.00 bits per heavy atom. The van der Waals surface area contributed by atoms with Crippen molar-refractivity contribution in [3.05, 3.63) is 42.0 Å². The molecular weight excluding hydrogens is 234 g/mol. The van der Waals surface area contributed by atoms with E-state index in [-0.39, 0.29) is 6.04 Å². The molecule has 2 nitrogen and oxygen atoms in total. The molecule has 1 saturated heterocycles. The van der Waals surface area contributed by atoms with Crippen LogP contribution < -0.4 is 0 Å². The topological polar surface area (TPSA) is 23.5 Å². The second-order valence-electron chi connectivity index (χ2n) is 5.63. The van der Waals surface area contributed by atoms with Gasteiger partial charge in [0.05, 0.1) is 0 Å². The molecule has 2 aromatic carbocycles. The monoisotopic (exact) mass is 255 g/mol. The number of phenolic OH excluding ortho intramolecular Hbond substituents is 1. The highest BCUT2D eigenvalue weighted by Gasteiger charge is 2.27. The van der Waals surface area contributed by atoms with Crippen molar-refractivity contribution < 1.29 is 5.11 Å². The van der Waals surface area contributed by atoms with Crippen LogP contribution in [0.25, 0.3) is 10.8 Å². The standard InChI is InChI=1S/C17H21NO/c1-12-6-5-11-18(12)13(2)15-10-9-14-7-3-4-8-16(14)17(15)19/h3-4,7-10,12-13,19H,5-6,11H2,1-2H3. The second kappa shape index (κ2) is 4.86. The van der Waals surface area contributed by atoms with Gasteiger partial charge in [-0.25, -0.2) is 0 Å². The van der Waals surface area contributed by atoms with Crippen molar-refractivity contribution >= 4 is 10.8 Å². The lowest BCUT2D eigenvalue weighted by Gasteiger charge is -2.29. The molecule has 1 fully saturated rings. The van der Waals surface area contributed by atoms with Crippen LogP contribution in [0.2, 0.25) is 0 Å². The molecule has 2 aromatic rings. The van der Waals surface area contributed by atoms with Crippen molar-refractivity contribution in [1.82, 2.24) is 4.90 Å². The molecule has 0 spiro atoms. The molecule has 0 aromatic heterocycles. The van der Waals surface area contributed by atoms with Gasteiger partial charge in [0.15, 0.2) is 0 Å². The SMILES string of the molecule is CC1CCCN1C(C)c1ccc2ccccc2c1O. The van der Waals surface area contributed by atoms with E-state index in [1.54, 1.807) is 0 Å². The van der Waals surface area contributed by atoms with E-state index in [1.807, 2.05) is 24.3 Å². The number of rotatable bonds is 2. The Bertz CT molecular complexity index is 593. The number of aromatic hydroxyl groups is 1. The smallest absolute Gasteiger partial charge is 0.128 e. The van der Waals surface area contributed by atoms with E-state index in [2.05, 4.69) is 30.9 Å². The Labute approximate surface area is 114 Å². The van der Waals surface area contributed by atoms with Gasteiger partial charge >= 0.3 is 0 Å². The first-order valence-corrected chi connectivity index (χ1v) is 7.15. The normalized spacial score (nSPS) is 21.9. The van der Waals surface area contributed by atoms with E-state index in [9.17, 15) is 5.11 Å². The van der Waals surface area contributed by atoms with Gasteiger partial charge in [-0.3, -0.25) is 4.90 Å². The van der Waals surface area contributed by atoms with Crippen LogP contribution in [0.5, 0.6) is 5.75 Å². The molecule has 1 aliphatic heterocycles. The lowest BCUT2D eigenvalue weighted by atomic mass is 10.00. The van der Waals surface area contributed by atoms with Crippen LogP contribution in [0.4, 0.5) is 0 Å². The summed E-state index contributed by atoms with van der Waals surface area (Å²) in [4.78, 5) is 2.49. The number of likely N-dealkylation sites (tertiary alicyclic amines) is 1. The second-order valence-corrected chi connectivity index (χ2v) is 5.63. The van der Waals surface area contributed by atoms with Gasteiger partial charge in [0.1, 0.15) is 5.75 Å². The number of hydrogen-bond donors (Lipinski definition) is 1. The fraction of sp³-hybridized carbons (Fsp3) is 0.412. The molecule has 0 amide bonds. The summed E-state index contributed by atoms with van der Waals surface area (Å²) in [6.07, 6.45) is 2.53. The molecule has 0 bridgehead atoms. The minimum Gasteiger partial charge on any atom is -0.507 e. The van der Waals surface area contributed by atoms with Gasteiger partial charge in [0.25, 0.3) is 0 Å². The zero-order valence-electron chi connectivity index (χ0n) is 11.6. The Morgan fingerprint density at radius 1 is 1.21 bits per heavy atom. The first-order chi connectivity index (χ1) is 9.18. The van der Waals surface area contributed by atoms with Crippen LogP contribution in [0.15, 0.2) is 36.4 Å². The third-order valence-corrected chi connectivity index (χ3v) is 4.48. The maximum Gasteiger partial charge on any atom is 0.128 e. The largest absolute Gasteiger partial charge is 0.507 e. The van der Waals surface area contributed by atoms with Crippen molar-refractivity contribution in [3.63, 3.8) is 0 Å². The third-order valence-electron chi connectivity index (χ3n) is 4.48. The summed E-state index contributed by atoms with van der Waals surface area (Å²) < 4.78 is 0. The molecule has 1 N–H and O–H groups in total. The van der Waals surface area contributed by atoms with Gasteiger partial charge in [-0.15, -0.1) is 0 Å². The molecule has 19 heavy (non-hydrogen) atoms. The average Bonchev–Trinajstić information content (AvgIpc) is 2.85. The van der Waals surface area contributed by atoms with Crippen LogP contribution in [0.3, 0.4) is 0 Å². The third kappa shape index (κ3) is 2.10. The van der Waals surface area contributed by atoms with Crippen molar-refractivity contribution in [2.24, 2.45) is 0 Å². The predicted molar refractivity (Wildman–Crippen MR) is 79.4 cm³/mol. The maximum absolute atomic E-state index is 10.5. The molecule has 1 heterocycles. The summed E-state index contributed by atoms with van der Waals surface area (Å²) >= 11 is 0. The van der Waals surface area contributed by atoms with Crippen LogP contribution in [0.1, 0.15) is 38.3 Å². The quantitative estimate of drug-likeness (QED) is 0.873. The zero-order chi connectivity index (χ0) is 13.4. The Hall–Kier alpha value is -1.54. The van der Waals surface area contributed by atoms with E-state index < -0.39 is 0 Å². The van der Waals surface area contributed by atoms with E-state index in [0.717, 1.165) is 22.9 Å². The first kappa shape index (κ1) is 12.5. The molecule has 1 aliphatic rings. The predicted octanol–water partition coefficient (Wildman–Crippen LogP) is 4.09. The lowest BCUT2D eigenvalue weighted by molar-refractivity contribution is 0.201. The number of hydrogen-bond acceptors (Lipinski definition) is 2. The Kier molecular flexibility index (Phi) is 3.19. The molecule has 2 atom stereocenters. The van der Waals surface area contributed by atoms with E-state index >= 15 is 0 Å². The van der Waals surface area contributed by atoms with Gasteiger partial charge in [-0.2, -0.15) is 0 Å². The van der Waals surface area contributed by atoms with Crippen LogP contribution >= 0.6 is 0 Å². The summed E-state index contributed by atoms with van der Waals surface area (Å²) in [5, 5.41) is 12.6. The van der Waals surface area contributed by atoms with Crippen molar-refractivity contribution in [2.45, 2.75) is 38.8 Å². The molecule has 0 radical (unpaired) electrons. The molecule has 2 heteroatoms. The molecule has 0 aliphatic carbocycles. The van der Waals surface area contributed by atoms with Crippen LogP contribution in [0, 0.1) is 0 Å². The Morgan fingerprint density at radius 3 is 2.74 bits per heavy atom. The highest BCUT2D eigenvalue weighted by Crippen LogP contribution is 2.37. The Balaban J connectivity index is 2.02. The highest BCUT2D eigenvalue weighted by molar-refractivity contribution is 5.89. The lowest BCUT2D eigenvalue weighted by Crippen LogP contribution is -2.29. The van der Waals surface area contributed by atoms with Crippen molar-refractivity contribution in [2.75, 3.05) is 6.54 Å². The highest BCUT2D eigenvalue weighted by atomic mass is 16.3. The maximum atomic E-state index is 10.5. The van der Waals surface area contributed by atoms with Gasteiger partial charge in [-0.1, -0.05) is 36.4 Å².